The molecule has 1 saturated heterocycles. The minimum absolute atomic E-state index is 0.00190. The van der Waals surface area contributed by atoms with Crippen LogP contribution in [0.4, 0.5) is 0 Å². The SMILES string of the molecule is O=C(COc1ccccc1)N1CCCC1c1[nH]c2ccc(Cl)cc2c1-c1ccccc1. The smallest absolute Gasteiger partial charge is 0.261 e. The van der Waals surface area contributed by atoms with Crippen molar-refractivity contribution in [1.82, 2.24) is 9.88 Å². The number of benzene rings is 3. The molecule has 1 aliphatic heterocycles. The molecule has 1 fully saturated rings. The van der Waals surface area contributed by atoms with E-state index in [1.54, 1.807) is 0 Å². The maximum atomic E-state index is 13.1. The summed E-state index contributed by atoms with van der Waals surface area (Å²) < 4.78 is 5.74. The Balaban J connectivity index is 1.50. The van der Waals surface area contributed by atoms with Gasteiger partial charge in [0, 0.05) is 33.7 Å². The van der Waals surface area contributed by atoms with Gasteiger partial charge in [0.15, 0.2) is 6.61 Å². The Hall–Kier alpha value is -3.24. The van der Waals surface area contributed by atoms with E-state index < -0.39 is 0 Å². The summed E-state index contributed by atoms with van der Waals surface area (Å²) >= 11 is 6.33. The van der Waals surface area contributed by atoms with E-state index in [2.05, 4.69) is 17.1 Å². The first kappa shape index (κ1) is 19.7. The highest BCUT2D eigenvalue weighted by atomic mass is 35.5. The third-order valence-electron chi connectivity index (χ3n) is 5.86. The Bertz CT molecular complexity index is 1200. The summed E-state index contributed by atoms with van der Waals surface area (Å²) in [5.74, 6) is 0.707. The Morgan fingerprint density at radius 2 is 1.77 bits per heavy atom. The summed E-state index contributed by atoms with van der Waals surface area (Å²) in [6.07, 6.45) is 1.88. The van der Waals surface area contributed by atoms with Gasteiger partial charge in [-0.3, -0.25) is 4.79 Å². The number of aromatic amines is 1. The minimum atomic E-state index is -0.0201. The molecular weight excluding hydrogens is 408 g/mol. The number of nitrogens with zero attached hydrogens (tertiary/aromatic N) is 1. The van der Waals surface area contributed by atoms with Crippen LogP contribution in [0.3, 0.4) is 0 Å². The standard InChI is InChI=1S/C26H23ClN2O2/c27-19-13-14-22-21(16-19)25(18-8-3-1-4-9-18)26(28-22)23-12-7-15-29(23)24(30)17-31-20-10-5-2-6-11-20/h1-6,8-11,13-14,16,23,28H,7,12,15,17H2. The van der Waals surface area contributed by atoms with E-state index in [1.807, 2.05) is 71.6 Å². The van der Waals surface area contributed by atoms with Gasteiger partial charge >= 0.3 is 0 Å². The molecule has 1 atom stereocenters. The predicted molar refractivity (Wildman–Crippen MR) is 124 cm³/mol. The molecule has 5 heteroatoms. The van der Waals surface area contributed by atoms with Crippen LogP contribution in [0.1, 0.15) is 24.6 Å². The number of amides is 1. The van der Waals surface area contributed by atoms with E-state index >= 15 is 0 Å². The van der Waals surface area contributed by atoms with Crippen molar-refractivity contribution in [1.29, 1.82) is 0 Å². The highest BCUT2D eigenvalue weighted by Crippen LogP contribution is 2.42. The fourth-order valence-electron chi connectivity index (χ4n) is 4.46. The second-order valence-electron chi connectivity index (χ2n) is 7.82. The number of halogens is 1. The zero-order valence-electron chi connectivity index (χ0n) is 17.1. The van der Waals surface area contributed by atoms with Crippen LogP contribution in [0.5, 0.6) is 5.75 Å². The molecule has 1 aromatic heterocycles. The molecule has 1 amide bonds. The van der Waals surface area contributed by atoms with Crippen molar-refractivity contribution in [2.75, 3.05) is 13.2 Å². The average molecular weight is 431 g/mol. The summed E-state index contributed by atoms with van der Waals surface area (Å²) in [5, 5.41) is 1.78. The molecule has 0 radical (unpaired) electrons. The first-order chi connectivity index (χ1) is 15.2. The van der Waals surface area contributed by atoms with Crippen LogP contribution >= 0.6 is 11.6 Å². The van der Waals surface area contributed by atoms with Crippen LogP contribution in [0, 0.1) is 0 Å². The molecule has 3 aromatic carbocycles. The lowest BCUT2D eigenvalue weighted by atomic mass is 9.97. The van der Waals surface area contributed by atoms with Gasteiger partial charge in [0.25, 0.3) is 5.91 Å². The molecule has 2 heterocycles. The number of carbonyl (C=O) groups is 1. The molecule has 0 spiro atoms. The molecule has 1 unspecified atom stereocenters. The number of fused-ring (bicyclic) bond motifs is 1. The number of rotatable bonds is 5. The number of hydrogen-bond acceptors (Lipinski definition) is 2. The Morgan fingerprint density at radius 3 is 2.55 bits per heavy atom. The van der Waals surface area contributed by atoms with Crippen LogP contribution in [-0.4, -0.2) is 28.9 Å². The molecule has 0 aliphatic carbocycles. The van der Waals surface area contributed by atoms with Crippen LogP contribution in [0.25, 0.3) is 22.0 Å². The highest BCUT2D eigenvalue weighted by molar-refractivity contribution is 6.31. The van der Waals surface area contributed by atoms with Crippen molar-refractivity contribution in [3.63, 3.8) is 0 Å². The number of aromatic nitrogens is 1. The molecular formula is C26H23ClN2O2. The summed E-state index contributed by atoms with van der Waals surface area (Å²) in [6.45, 7) is 0.763. The third kappa shape index (κ3) is 3.91. The van der Waals surface area contributed by atoms with Gasteiger partial charge in [-0.25, -0.2) is 0 Å². The molecule has 1 N–H and O–H groups in total. The molecule has 0 bridgehead atoms. The van der Waals surface area contributed by atoms with Crippen LogP contribution in [-0.2, 0) is 4.79 Å². The van der Waals surface area contributed by atoms with Crippen LogP contribution in [0.15, 0.2) is 78.9 Å². The number of para-hydroxylation sites is 1. The van der Waals surface area contributed by atoms with Crippen molar-refractivity contribution in [3.05, 3.63) is 89.6 Å². The second kappa shape index (κ2) is 8.48. The van der Waals surface area contributed by atoms with Crippen LogP contribution in [0.2, 0.25) is 5.02 Å². The maximum Gasteiger partial charge on any atom is 0.261 e. The fourth-order valence-corrected chi connectivity index (χ4v) is 4.63. The number of H-pyrrole nitrogens is 1. The van der Waals surface area contributed by atoms with E-state index in [0.717, 1.165) is 47.1 Å². The third-order valence-corrected chi connectivity index (χ3v) is 6.10. The van der Waals surface area contributed by atoms with Gasteiger partial charge in [-0.1, -0.05) is 60.1 Å². The average Bonchev–Trinajstić information content (AvgIpc) is 3.43. The molecule has 1 aliphatic rings. The van der Waals surface area contributed by atoms with Crippen molar-refractivity contribution in [2.24, 2.45) is 0 Å². The Kier molecular flexibility index (Phi) is 5.39. The summed E-state index contributed by atoms with van der Waals surface area (Å²) in [6, 6.07) is 25.6. The molecule has 5 rings (SSSR count). The second-order valence-corrected chi connectivity index (χ2v) is 8.25. The lowest BCUT2D eigenvalue weighted by molar-refractivity contribution is -0.134. The molecule has 4 nitrogen and oxygen atoms in total. The van der Waals surface area contributed by atoms with Gasteiger partial charge in [0.1, 0.15) is 5.75 Å². The highest BCUT2D eigenvalue weighted by Gasteiger charge is 2.33. The monoisotopic (exact) mass is 430 g/mol. The van der Waals surface area contributed by atoms with Gasteiger partial charge in [0.05, 0.1) is 6.04 Å². The van der Waals surface area contributed by atoms with E-state index in [-0.39, 0.29) is 18.6 Å². The number of hydrogen-bond donors (Lipinski definition) is 1. The number of ether oxygens (including phenoxy) is 1. The van der Waals surface area contributed by atoms with Crippen molar-refractivity contribution < 1.29 is 9.53 Å². The maximum absolute atomic E-state index is 13.1. The number of carbonyl (C=O) groups excluding carboxylic acids is 1. The normalized spacial score (nSPS) is 16.0. The first-order valence-corrected chi connectivity index (χ1v) is 10.9. The zero-order chi connectivity index (χ0) is 21.2. The van der Waals surface area contributed by atoms with Crippen molar-refractivity contribution >= 4 is 28.4 Å². The Labute approximate surface area is 186 Å². The number of likely N-dealkylation sites (tertiary alicyclic amines) is 1. The quantitative estimate of drug-likeness (QED) is 0.408. The fraction of sp³-hybridized carbons (Fsp3) is 0.192. The van der Waals surface area contributed by atoms with E-state index in [1.165, 1.54) is 0 Å². The lowest BCUT2D eigenvalue weighted by Crippen LogP contribution is -2.34. The minimum Gasteiger partial charge on any atom is -0.484 e. The zero-order valence-corrected chi connectivity index (χ0v) is 17.8. The van der Waals surface area contributed by atoms with Gasteiger partial charge in [0.2, 0.25) is 0 Å². The molecule has 156 valence electrons. The van der Waals surface area contributed by atoms with Gasteiger partial charge < -0.3 is 14.6 Å². The molecule has 31 heavy (non-hydrogen) atoms. The molecule has 4 aromatic rings. The Morgan fingerprint density at radius 1 is 1.03 bits per heavy atom. The van der Waals surface area contributed by atoms with E-state index in [9.17, 15) is 4.79 Å². The van der Waals surface area contributed by atoms with Gasteiger partial charge in [-0.05, 0) is 48.7 Å². The van der Waals surface area contributed by atoms with Crippen molar-refractivity contribution in [3.8, 4) is 16.9 Å². The summed E-state index contributed by atoms with van der Waals surface area (Å²) in [5.41, 5.74) is 4.32. The first-order valence-electron chi connectivity index (χ1n) is 10.5. The summed E-state index contributed by atoms with van der Waals surface area (Å²) in [7, 11) is 0. The summed E-state index contributed by atoms with van der Waals surface area (Å²) in [4.78, 5) is 18.6. The largest absolute Gasteiger partial charge is 0.484 e. The van der Waals surface area contributed by atoms with E-state index in [4.69, 9.17) is 16.3 Å². The lowest BCUT2D eigenvalue weighted by Gasteiger charge is -2.25. The predicted octanol–water partition coefficient (Wildman–Crippen LogP) is 6.23. The molecule has 0 saturated carbocycles. The van der Waals surface area contributed by atoms with Gasteiger partial charge in [-0.15, -0.1) is 0 Å². The number of nitrogens with one attached hydrogen (secondary N) is 1. The van der Waals surface area contributed by atoms with Crippen LogP contribution < -0.4 is 4.74 Å². The van der Waals surface area contributed by atoms with Crippen molar-refractivity contribution in [2.45, 2.75) is 18.9 Å². The topological polar surface area (TPSA) is 45.3 Å². The van der Waals surface area contributed by atoms with E-state index in [0.29, 0.717) is 10.8 Å². The van der Waals surface area contributed by atoms with Gasteiger partial charge in [-0.2, -0.15) is 0 Å².